The average Bonchev–Trinajstić information content (AvgIpc) is 3.61. The first-order valence-electron chi connectivity index (χ1n) is 12.2. The summed E-state index contributed by atoms with van der Waals surface area (Å²) in [7, 11) is 0. The first kappa shape index (κ1) is 23.0. The van der Waals surface area contributed by atoms with Gasteiger partial charge in [0.15, 0.2) is 5.76 Å². The molecule has 2 N–H and O–H groups in total. The van der Waals surface area contributed by atoms with E-state index in [1.165, 1.54) is 0 Å². The largest absolute Gasteiger partial charge is 0.436 e. The second-order valence-corrected chi connectivity index (χ2v) is 9.24. The van der Waals surface area contributed by atoms with Crippen molar-refractivity contribution in [2.24, 2.45) is 0 Å². The Morgan fingerprint density at radius 2 is 1.84 bits per heavy atom. The summed E-state index contributed by atoms with van der Waals surface area (Å²) in [5.74, 6) is 0.940. The zero-order valence-corrected chi connectivity index (χ0v) is 20.6. The van der Waals surface area contributed by atoms with E-state index in [2.05, 4.69) is 15.3 Å². The number of nitrogens with one attached hydrogen (secondary N) is 2. The van der Waals surface area contributed by atoms with Crippen LogP contribution in [0.3, 0.4) is 0 Å². The highest BCUT2D eigenvalue weighted by Crippen LogP contribution is 2.37. The lowest BCUT2D eigenvalue weighted by Gasteiger charge is -2.27. The summed E-state index contributed by atoms with van der Waals surface area (Å²) in [6.07, 6.45) is 3.52. The highest BCUT2D eigenvalue weighted by atomic mass is 16.5. The van der Waals surface area contributed by atoms with Gasteiger partial charge >= 0.3 is 0 Å². The molecule has 2 aliphatic rings. The van der Waals surface area contributed by atoms with Crippen molar-refractivity contribution in [2.75, 3.05) is 31.6 Å². The molecule has 1 saturated heterocycles. The maximum atomic E-state index is 13.2. The summed E-state index contributed by atoms with van der Waals surface area (Å²) in [5, 5.41) is 2.93. The third-order valence-electron chi connectivity index (χ3n) is 6.89. The van der Waals surface area contributed by atoms with E-state index in [9.17, 15) is 9.59 Å². The Balaban J connectivity index is 1.34. The quantitative estimate of drug-likeness (QED) is 0.392. The molecule has 4 heterocycles. The number of aromatic nitrogens is 2. The third kappa shape index (κ3) is 4.15. The van der Waals surface area contributed by atoms with Gasteiger partial charge in [-0.25, -0.2) is 4.98 Å². The minimum atomic E-state index is -0.197. The van der Waals surface area contributed by atoms with Crippen LogP contribution in [0.15, 0.2) is 59.1 Å². The van der Waals surface area contributed by atoms with Crippen LogP contribution in [-0.2, 0) is 9.53 Å². The van der Waals surface area contributed by atoms with Crippen LogP contribution in [0.4, 0.5) is 5.69 Å². The van der Waals surface area contributed by atoms with Crippen molar-refractivity contribution in [1.82, 2.24) is 14.9 Å². The molecular formula is C29H26N4O4. The van der Waals surface area contributed by atoms with E-state index < -0.39 is 0 Å². The second kappa shape index (κ2) is 9.22. The van der Waals surface area contributed by atoms with Crippen LogP contribution in [-0.4, -0.2) is 53.0 Å². The molecule has 0 saturated carbocycles. The number of oxazole rings is 1. The zero-order valence-electron chi connectivity index (χ0n) is 20.6. The maximum Gasteiger partial charge on any atom is 0.256 e. The summed E-state index contributed by atoms with van der Waals surface area (Å²) in [4.78, 5) is 35.7. The van der Waals surface area contributed by atoms with Crippen molar-refractivity contribution in [3.05, 3.63) is 82.8 Å². The van der Waals surface area contributed by atoms with Crippen LogP contribution in [0.25, 0.3) is 34.4 Å². The molecule has 2 aromatic carbocycles. The average molecular weight is 495 g/mol. The Kier molecular flexibility index (Phi) is 5.73. The molecule has 8 nitrogen and oxygen atoms in total. The van der Waals surface area contributed by atoms with Crippen LogP contribution in [0.2, 0.25) is 0 Å². The molecular weight excluding hydrogens is 468 g/mol. The van der Waals surface area contributed by atoms with Crippen molar-refractivity contribution in [2.45, 2.75) is 13.8 Å². The van der Waals surface area contributed by atoms with Gasteiger partial charge in [0.05, 0.1) is 30.5 Å². The van der Waals surface area contributed by atoms with E-state index in [1.807, 2.05) is 73.4 Å². The van der Waals surface area contributed by atoms with Crippen LogP contribution in [0, 0.1) is 13.8 Å². The molecule has 6 rings (SSSR count). The number of anilines is 1. The van der Waals surface area contributed by atoms with Crippen molar-refractivity contribution in [1.29, 1.82) is 0 Å². The van der Waals surface area contributed by atoms with Crippen molar-refractivity contribution in [3.63, 3.8) is 0 Å². The van der Waals surface area contributed by atoms with Gasteiger partial charge in [-0.1, -0.05) is 30.3 Å². The Hall–Kier alpha value is -4.43. The normalized spacial score (nSPS) is 16.2. The summed E-state index contributed by atoms with van der Waals surface area (Å²) in [6.45, 7) is 6.03. The van der Waals surface area contributed by atoms with Gasteiger partial charge in [-0.15, -0.1) is 0 Å². The van der Waals surface area contributed by atoms with E-state index >= 15 is 0 Å². The standard InChI is InChI=1S/C29H26N4O4/c1-17-24(31-18(2)26(17)29(35)33-10-12-36-13-11-33)15-22-21-14-20(8-9-23(21)32-27(22)34)28-30-16-25(37-28)19-6-4-3-5-7-19/h3-9,14-16,31H,10-13H2,1-2H3,(H,32,34)/b22-15-. The fourth-order valence-electron chi connectivity index (χ4n) is 4.92. The highest BCUT2D eigenvalue weighted by Gasteiger charge is 2.28. The van der Waals surface area contributed by atoms with Crippen LogP contribution < -0.4 is 5.32 Å². The van der Waals surface area contributed by atoms with Crippen LogP contribution in [0.1, 0.15) is 32.9 Å². The predicted octanol–water partition coefficient (Wildman–Crippen LogP) is 4.92. The molecule has 0 spiro atoms. The van der Waals surface area contributed by atoms with E-state index in [4.69, 9.17) is 9.15 Å². The topological polar surface area (TPSA) is 100 Å². The summed E-state index contributed by atoms with van der Waals surface area (Å²) in [6, 6.07) is 15.4. The second-order valence-electron chi connectivity index (χ2n) is 9.24. The number of nitrogens with zero attached hydrogens (tertiary/aromatic N) is 2. The van der Waals surface area contributed by atoms with Crippen molar-refractivity contribution in [3.8, 4) is 22.8 Å². The number of carbonyl (C=O) groups excluding carboxylic acids is 2. The molecule has 2 amide bonds. The first-order chi connectivity index (χ1) is 18.0. The van der Waals surface area contributed by atoms with Crippen molar-refractivity contribution < 1.29 is 18.7 Å². The Labute approximate surface area is 214 Å². The predicted molar refractivity (Wildman–Crippen MR) is 141 cm³/mol. The molecule has 2 aromatic heterocycles. The van der Waals surface area contributed by atoms with Crippen LogP contribution in [0.5, 0.6) is 0 Å². The summed E-state index contributed by atoms with van der Waals surface area (Å²) < 4.78 is 11.4. The summed E-state index contributed by atoms with van der Waals surface area (Å²) in [5.41, 5.74) is 6.69. The number of hydrogen-bond donors (Lipinski definition) is 2. The number of aryl methyl sites for hydroxylation is 1. The lowest BCUT2D eigenvalue weighted by molar-refractivity contribution is -0.110. The number of aromatic amines is 1. The molecule has 0 bridgehead atoms. The molecule has 0 unspecified atom stereocenters. The lowest BCUT2D eigenvalue weighted by atomic mass is 10.0. The number of benzene rings is 2. The smallest absolute Gasteiger partial charge is 0.256 e. The SMILES string of the molecule is Cc1[nH]c(/C=C2\C(=O)Nc3ccc(-c4ncc(-c5ccccc5)o4)cc32)c(C)c1C(=O)N1CCOCC1. The Bertz CT molecular complexity index is 1540. The molecule has 0 radical (unpaired) electrons. The molecule has 2 aliphatic heterocycles. The minimum Gasteiger partial charge on any atom is -0.436 e. The van der Waals surface area contributed by atoms with Gasteiger partial charge in [-0.05, 0) is 43.7 Å². The molecule has 4 aromatic rings. The highest BCUT2D eigenvalue weighted by molar-refractivity contribution is 6.35. The van der Waals surface area contributed by atoms with Gasteiger partial charge in [0, 0.05) is 46.9 Å². The van der Waals surface area contributed by atoms with E-state index in [0.29, 0.717) is 49.1 Å². The van der Waals surface area contributed by atoms with Gasteiger partial charge in [0.2, 0.25) is 5.89 Å². The van der Waals surface area contributed by atoms with Gasteiger partial charge in [-0.2, -0.15) is 0 Å². The molecule has 186 valence electrons. The fourth-order valence-corrected chi connectivity index (χ4v) is 4.92. The van der Waals surface area contributed by atoms with E-state index in [-0.39, 0.29) is 11.8 Å². The number of ether oxygens (including phenoxy) is 1. The van der Waals surface area contributed by atoms with Gasteiger partial charge in [0.25, 0.3) is 11.8 Å². The number of morpholine rings is 1. The number of carbonyl (C=O) groups is 2. The monoisotopic (exact) mass is 494 g/mol. The Morgan fingerprint density at radius 3 is 2.62 bits per heavy atom. The van der Waals surface area contributed by atoms with E-state index in [1.54, 1.807) is 6.20 Å². The maximum absolute atomic E-state index is 13.2. The fraction of sp³-hybridized carbons (Fsp3) is 0.207. The molecule has 1 fully saturated rings. The Morgan fingerprint density at radius 1 is 1.05 bits per heavy atom. The number of rotatable bonds is 4. The summed E-state index contributed by atoms with van der Waals surface area (Å²) >= 11 is 0. The number of hydrogen-bond acceptors (Lipinski definition) is 5. The number of H-pyrrole nitrogens is 1. The van der Waals surface area contributed by atoms with Gasteiger partial charge < -0.3 is 24.4 Å². The molecule has 8 heteroatoms. The first-order valence-corrected chi connectivity index (χ1v) is 12.2. The third-order valence-corrected chi connectivity index (χ3v) is 6.89. The van der Waals surface area contributed by atoms with Gasteiger partial charge in [-0.3, -0.25) is 9.59 Å². The minimum absolute atomic E-state index is 0.0177. The van der Waals surface area contributed by atoms with Gasteiger partial charge in [0.1, 0.15) is 0 Å². The van der Waals surface area contributed by atoms with Crippen molar-refractivity contribution >= 4 is 29.2 Å². The lowest BCUT2D eigenvalue weighted by Crippen LogP contribution is -2.41. The molecule has 0 aliphatic carbocycles. The number of fused-ring (bicyclic) bond motifs is 1. The molecule has 37 heavy (non-hydrogen) atoms. The number of amides is 2. The zero-order chi connectivity index (χ0) is 25.5. The van der Waals surface area contributed by atoms with Crippen LogP contribution >= 0.6 is 0 Å². The van der Waals surface area contributed by atoms with E-state index in [0.717, 1.165) is 39.3 Å². The molecule has 0 atom stereocenters.